The Morgan fingerprint density at radius 3 is 2.48 bits per heavy atom. The van der Waals surface area contributed by atoms with Crippen molar-refractivity contribution in [3.05, 3.63) is 48.3 Å². The molecular weight excluding hydrogens is 402 g/mol. The zero-order valence-electron chi connectivity index (χ0n) is 14.6. The smallest absolute Gasteiger partial charge is 0.418 e. The third-order valence-electron chi connectivity index (χ3n) is 6.02. The molecule has 0 bridgehead atoms. The molecule has 11 heteroatoms. The van der Waals surface area contributed by atoms with Crippen LogP contribution < -0.4 is 4.90 Å². The van der Waals surface area contributed by atoms with E-state index < -0.39 is 35.3 Å². The third kappa shape index (κ3) is 2.32. The number of pyridine rings is 1. The Labute approximate surface area is 159 Å². The topological polar surface area (TPSA) is 55.1 Å². The van der Waals surface area contributed by atoms with Crippen molar-refractivity contribution < 1.29 is 30.8 Å². The van der Waals surface area contributed by atoms with Gasteiger partial charge in [0, 0.05) is 30.4 Å². The lowest BCUT2D eigenvalue weighted by molar-refractivity contribution is -0.187. The zero-order chi connectivity index (χ0) is 20.7. The molecule has 0 N–H and O–H groups in total. The van der Waals surface area contributed by atoms with Crippen LogP contribution in [0.25, 0.3) is 10.9 Å². The molecule has 1 aliphatic heterocycles. The molecule has 0 spiro atoms. The lowest BCUT2D eigenvalue weighted by Gasteiger charge is -2.26. The zero-order valence-corrected chi connectivity index (χ0v) is 14.6. The minimum Gasteiger partial charge on any atom is -0.427 e. The van der Waals surface area contributed by atoms with Crippen LogP contribution in [0, 0.1) is 5.41 Å². The van der Waals surface area contributed by atoms with Crippen molar-refractivity contribution in [2.75, 3.05) is 18.0 Å². The quantitative estimate of drug-likeness (QED) is 0.584. The summed E-state index contributed by atoms with van der Waals surface area (Å²) in [6, 6.07) is 4.93. The second-order valence-electron chi connectivity index (χ2n) is 7.47. The summed E-state index contributed by atoms with van der Waals surface area (Å²) in [5.41, 5.74) is -4.46. The maximum absolute atomic E-state index is 14.0. The van der Waals surface area contributed by atoms with Gasteiger partial charge in [-0.05, 0) is 30.7 Å². The Morgan fingerprint density at radius 2 is 1.83 bits per heavy atom. The lowest BCUT2D eigenvalue weighted by Crippen LogP contribution is -2.34. The summed E-state index contributed by atoms with van der Waals surface area (Å²) in [5.74, 6) is -0.105. The highest BCUT2D eigenvalue weighted by atomic mass is 19.4. The van der Waals surface area contributed by atoms with Crippen molar-refractivity contribution >= 4 is 16.6 Å². The molecule has 3 heterocycles. The van der Waals surface area contributed by atoms with Crippen molar-refractivity contribution in [3.63, 3.8) is 0 Å². The first kappa shape index (κ1) is 18.2. The van der Waals surface area contributed by atoms with Gasteiger partial charge in [-0.2, -0.15) is 26.3 Å². The van der Waals surface area contributed by atoms with Gasteiger partial charge < -0.3 is 9.32 Å². The van der Waals surface area contributed by atoms with E-state index in [4.69, 9.17) is 4.42 Å². The number of nitrogens with zero attached hydrogens (tertiary/aromatic N) is 4. The van der Waals surface area contributed by atoms with Crippen LogP contribution >= 0.6 is 0 Å². The monoisotopic (exact) mass is 414 g/mol. The second kappa shape index (κ2) is 5.39. The highest BCUT2D eigenvalue weighted by molar-refractivity contribution is 5.94. The Hall–Kier alpha value is -2.85. The Morgan fingerprint density at radius 1 is 1.03 bits per heavy atom. The first-order valence-electron chi connectivity index (χ1n) is 8.62. The fourth-order valence-electron chi connectivity index (χ4n) is 4.62. The summed E-state index contributed by atoms with van der Waals surface area (Å²) in [5, 5.41) is 7.34. The number of aromatic nitrogens is 3. The number of fused-ring (bicyclic) bond motifs is 2. The molecule has 0 unspecified atom stereocenters. The molecule has 0 radical (unpaired) electrons. The molecule has 5 rings (SSSR count). The fraction of sp³-hybridized carbons (Fsp3) is 0.389. The predicted octanol–water partition coefficient (Wildman–Crippen LogP) is 4.35. The van der Waals surface area contributed by atoms with Crippen molar-refractivity contribution in [1.29, 1.82) is 0 Å². The van der Waals surface area contributed by atoms with Gasteiger partial charge in [0.2, 0.25) is 12.3 Å². The van der Waals surface area contributed by atoms with Gasteiger partial charge in [-0.3, -0.25) is 4.98 Å². The molecule has 29 heavy (non-hydrogen) atoms. The average Bonchev–Trinajstić information content (AvgIpc) is 3.02. The van der Waals surface area contributed by atoms with Crippen molar-refractivity contribution in [2.45, 2.75) is 24.2 Å². The first-order chi connectivity index (χ1) is 13.6. The van der Waals surface area contributed by atoms with Crippen LogP contribution in [0.3, 0.4) is 0 Å². The maximum atomic E-state index is 14.0. The average molecular weight is 414 g/mol. The minimum atomic E-state index is -4.63. The first-order valence-corrected chi connectivity index (χ1v) is 8.62. The van der Waals surface area contributed by atoms with E-state index in [1.807, 2.05) is 0 Å². The summed E-state index contributed by atoms with van der Waals surface area (Å²) in [4.78, 5) is 5.27. The van der Waals surface area contributed by atoms with E-state index in [9.17, 15) is 26.3 Å². The molecule has 1 aromatic carbocycles. The molecule has 0 amide bonds. The van der Waals surface area contributed by atoms with E-state index in [1.165, 1.54) is 29.3 Å². The van der Waals surface area contributed by atoms with Gasteiger partial charge in [-0.1, -0.05) is 0 Å². The molecule has 2 aliphatic rings. The molecule has 152 valence electrons. The van der Waals surface area contributed by atoms with Gasteiger partial charge in [-0.15, -0.1) is 10.2 Å². The standard InChI is InChI=1S/C18H12F6N4O/c19-17(20,21)11-3-4-12(10-2-1-5-25-13(10)11)28-7-15(14-27-26-9-29-14)6-16(15,8-28)18(22,23)24/h1-5,9H,6-8H2/t15-,16-/m0/s1. The summed E-state index contributed by atoms with van der Waals surface area (Å²) >= 11 is 0. The van der Waals surface area contributed by atoms with Gasteiger partial charge in [0.05, 0.1) is 16.5 Å². The molecule has 2 atom stereocenters. The largest absolute Gasteiger partial charge is 0.427 e. The van der Waals surface area contributed by atoms with E-state index in [0.29, 0.717) is 0 Å². The Balaban J connectivity index is 1.63. The van der Waals surface area contributed by atoms with E-state index in [-0.39, 0.29) is 35.4 Å². The van der Waals surface area contributed by atoms with Crippen LogP contribution in [0.2, 0.25) is 0 Å². The van der Waals surface area contributed by atoms with Gasteiger partial charge in [0.25, 0.3) is 0 Å². The molecule has 1 aliphatic carbocycles. The number of anilines is 1. The van der Waals surface area contributed by atoms with Crippen molar-refractivity contribution in [1.82, 2.24) is 15.2 Å². The molecule has 2 fully saturated rings. The molecule has 1 saturated heterocycles. The summed E-state index contributed by atoms with van der Waals surface area (Å²) < 4.78 is 87.0. The van der Waals surface area contributed by atoms with E-state index in [0.717, 1.165) is 12.5 Å². The predicted molar refractivity (Wildman–Crippen MR) is 88.0 cm³/mol. The third-order valence-corrected chi connectivity index (χ3v) is 6.02. The summed E-state index contributed by atoms with van der Waals surface area (Å²) in [6.07, 6.45) is -7.16. The van der Waals surface area contributed by atoms with E-state index >= 15 is 0 Å². The molecule has 3 aromatic rings. The number of hydrogen-bond acceptors (Lipinski definition) is 5. The highest BCUT2D eigenvalue weighted by Gasteiger charge is 2.86. The normalized spacial score (nSPS) is 26.8. The summed E-state index contributed by atoms with van der Waals surface area (Å²) in [6.45, 7) is -0.502. The molecule has 2 aromatic heterocycles. The van der Waals surface area contributed by atoms with E-state index in [2.05, 4.69) is 15.2 Å². The van der Waals surface area contributed by atoms with Gasteiger partial charge >= 0.3 is 12.4 Å². The molecule has 5 nitrogen and oxygen atoms in total. The number of benzene rings is 1. The van der Waals surface area contributed by atoms with Crippen LogP contribution in [-0.4, -0.2) is 34.4 Å². The minimum absolute atomic E-state index is 0.0932. The maximum Gasteiger partial charge on any atom is 0.418 e. The number of hydrogen-bond donors (Lipinski definition) is 0. The summed E-state index contributed by atoms with van der Waals surface area (Å²) in [7, 11) is 0. The van der Waals surface area contributed by atoms with Crippen LogP contribution in [0.1, 0.15) is 17.9 Å². The van der Waals surface area contributed by atoms with Crippen LogP contribution in [0.15, 0.2) is 41.3 Å². The van der Waals surface area contributed by atoms with Gasteiger partial charge in [-0.25, -0.2) is 0 Å². The SMILES string of the molecule is FC(F)(F)c1ccc(N2C[C@]3(c4nnco4)C[C@]3(C(F)(F)F)C2)c2cccnc12. The second-order valence-corrected chi connectivity index (χ2v) is 7.47. The van der Waals surface area contributed by atoms with Crippen molar-refractivity contribution in [2.24, 2.45) is 5.41 Å². The van der Waals surface area contributed by atoms with Crippen LogP contribution in [0.5, 0.6) is 0 Å². The van der Waals surface area contributed by atoms with Gasteiger partial charge in [0.15, 0.2) is 0 Å². The van der Waals surface area contributed by atoms with E-state index in [1.54, 1.807) is 0 Å². The number of halogens is 6. The van der Waals surface area contributed by atoms with Crippen LogP contribution in [0.4, 0.5) is 32.0 Å². The van der Waals surface area contributed by atoms with Crippen molar-refractivity contribution in [3.8, 4) is 0 Å². The molecular formula is C18H12F6N4O. The Kier molecular flexibility index (Phi) is 3.38. The number of alkyl halides is 6. The number of rotatable bonds is 2. The van der Waals surface area contributed by atoms with Gasteiger partial charge in [0.1, 0.15) is 5.41 Å². The lowest BCUT2D eigenvalue weighted by atomic mass is 9.95. The Bertz CT molecular complexity index is 1100. The highest BCUT2D eigenvalue weighted by Crippen LogP contribution is 2.75. The molecule has 1 saturated carbocycles. The number of piperidine rings is 1. The van der Waals surface area contributed by atoms with Crippen LogP contribution in [-0.2, 0) is 11.6 Å². The fourth-order valence-corrected chi connectivity index (χ4v) is 4.62.